The fourth-order valence-electron chi connectivity index (χ4n) is 4.67. The number of fused-ring (bicyclic) bond motifs is 7. The maximum absolute atomic E-state index is 5.14. The molecule has 0 aliphatic carbocycles. The van der Waals surface area contributed by atoms with E-state index in [0.717, 1.165) is 38.1 Å². The van der Waals surface area contributed by atoms with Crippen molar-refractivity contribution < 1.29 is 0 Å². The van der Waals surface area contributed by atoms with Gasteiger partial charge in [-0.05, 0) is 49.7 Å². The van der Waals surface area contributed by atoms with Crippen LogP contribution < -0.4 is 0 Å². The maximum Gasteiger partial charge on any atom is 0.140 e. The summed E-state index contributed by atoms with van der Waals surface area (Å²) in [6.07, 6.45) is 0. The number of halogens is 1. The molecule has 0 aliphatic heterocycles. The molecule has 0 amide bonds. The van der Waals surface area contributed by atoms with E-state index in [2.05, 4.69) is 101 Å². The van der Waals surface area contributed by atoms with Gasteiger partial charge >= 0.3 is 0 Å². The zero-order chi connectivity index (χ0) is 20.6. The molecule has 6 aromatic rings. The van der Waals surface area contributed by atoms with E-state index in [1.54, 1.807) is 0 Å². The Balaban J connectivity index is 1.78. The highest BCUT2D eigenvalue weighted by atomic mass is 79.9. The minimum Gasteiger partial charge on any atom is -0.358 e. The van der Waals surface area contributed by atoms with E-state index in [9.17, 15) is 0 Å². The predicted octanol–water partition coefficient (Wildman–Crippen LogP) is 7.71. The van der Waals surface area contributed by atoms with E-state index >= 15 is 0 Å². The number of hydrogen-bond acceptors (Lipinski definition) is 1. The lowest BCUT2D eigenvalue weighted by molar-refractivity contribution is 1.26. The van der Waals surface area contributed by atoms with Gasteiger partial charge in [0.1, 0.15) is 5.82 Å². The van der Waals surface area contributed by atoms with Crippen molar-refractivity contribution in [3.8, 4) is 11.4 Å². The first-order valence-corrected chi connectivity index (χ1v) is 10.9. The van der Waals surface area contributed by atoms with Gasteiger partial charge in [-0.2, -0.15) is 0 Å². The number of hydrogen-bond donors (Lipinski definition) is 2. The van der Waals surface area contributed by atoms with Crippen LogP contribution in [-0.4, -0.2) is 15.0 Å². The Hall–Kier alpha value is -3.11. The third-order valence-electron chi connectivity index (χ3n) is 6.05. The Morgan fingerprint density at radius 3 is 2.17 bits per heavy atom. The minimum atomic E-state index is 0.904. The van der Waals surface area contributed by atoms with Crippen LogP contribution in [0.25, 0.3) is 54.9 Å². The van der Waals surface area contributed by atoms with Crippen molar-refractivity contribution in [1.29, 1.82) is 0 Å². The number of nitrogens with zero attached hydrogens (tertiary/aromatic N) is 1. The number of aromatic amines is 2. The fraction of sp³-hybridized carbons (Fsp3) is 0.115. The second kappa shape index (κ2) is 6.19. The molecular weight excluding hydrogens is 434 g/mol. The van der Waals surface area contributed by atoms with Gasteiger partial charge in [0.25, 0.3) is 0 Å². The van der Waals surface area contributed by atoms with Gasteiger partial charge in [0.2, 0.25) is 0 Å². The molecule has 4 heteroatoms. The summed E-state index contributed by atoms with van der Waals surface area (Å²) in [5.74, 6) is 0.904. The van der Waals surface area contributed by atoms with E-state index in [1.807, 2.05) is 0 Å². The van der Waals surface area contributed by atoms with Crippen LogP contribution in [0.15, 0.2) is 59.1 Å². The lowest BCUT2D eigenvalue weighted by Crippen LogP contribution is -1.84. The normalized spacial score (nSPS) is 12.0. The van der Waals surface area contributed by atoms with Gasteiger partial charge in [-0.25, -0.2) is 4.98 Å². The maximum atomic E-state index is 5.14. The van der Waals surface area contributed by atoms with Crippen LogP contribution in [0.3, 0.4) is 0 Å². The zero-order valence-electron chi connectivity index (χ0n) is 17.0. The molecule has 2 aromatic heterocycles. The van der Waals surface area contributed by atoms with Gasteiger partial charge < -0.3 is 9.97 Å². The molecular formula is C26H20BrN3. The van der Waals surface area contributed by atoms with Crippen LogP contribution in [0.4, 0.5) is 0 Å². The number of rotatable bonds is 1. The highest BCUT2D eigenvalue weighted by Gasteiger charge is 2.18. The highest BCUT2D eigenvalue weighted by molar-refractivity contribution is 9.10. The minimum absolute atomic E-state index is 0.904. The first-order valence-electron chi connectivity index (χ1n) is 10.1. The number of imidazole rings is 1. The molecule has 146 valence electrons. The summed E-state index contributed by atoms with van der Waals surface area (Å²) in [6.45, 7) is 6.41. The first-order chi connectivity index (χ1) is 14.5. The fourth-order valence-corrected chi connectivity index (χ4v) is 5.03. The molecule has 0 radical (unpaired) electrons. The summed E-state index contributed by atoms with van der Waals surface area (Å²) in [6, 6.07) is 19.7. The van der Waals surface area contributed by atoms with Crippen LogP contribution in [0.2, 0.25) is 0 Å². The Labute approximate surface area is 182 Å². The lowest BCUT2D eigenvalue weighted by Gasteiger charge is -2.08. The molecule has 0 unspecified atom stereocenters. The molecule has 2 heterocycles. The topological polar surface area (TPSA) is 44.5 Å². The van der Waals surface area contributed by atoms with Gasteiger partial charge in [-0.15, -0.1) is 0 Å². The molecule has 4 aromatic carbocycles. The molecule has 6 rings (SSSR count). The van der Waals surface area contributed by atoms with E-state index in [4.69, 9.17) is 4.98 Å². The van der Waals surface area contributed by atoms with Gasteiger partial charge in [0, 0.05) is 37.4 Å². The van der Waals surface area contributed by atoms with Crippen molar-refractivity contribution in [1.82, 2.24) is 15.0 Å². The van der Waals surface area contributed by atoms with E-state index < -0.39 is 0 Å². The monoisotopic (exact) mass is 453 g/mol. The number of nitrogens with one attached hydrogen (secondary N) is 2. The third-order valence-corrected chi connectivity index (χ3v) is 6.55. The summed E-state index contributed by atoms with van der Waals surface area (Å²) in [7, 11) is 0. The van der Waals surface area contributed by atoms with Gasteiger partial charge in [0.05, 0.1) is 11.0 Å². The molecule has 0 aliphatic rings. The van der Waals surface area contributed by atoms with E-state index in [-0.39, 0.29) is 0 Å². The van der Waals surface area contributed by atoms with Crippen LogP contribution in [0.1, 0.15) is 16.8 Å². The van der Waals surface area contributed by atoms with Crippen LogP contribution >= 0.6 is 15.9 Å². The Kier molecular flexibility index (Phi) is 3.66. The predicted molar refractivity (Wildman–Crippen MR) is 130 cm³/mol. The first kappa shape index (κ1) is 17.7. The molecule has 0 atom stereocenters. The van der Waals surface area contributed by atoms with Crippen molar-refractivity contribution in [2.24, 2.45) is 0 Å². The molecule has 0 spiro atoms. The van der Waals surface area contributed by atoms with Crippen molar-refractivity contribution in [2.45, 2.75) is 20.8 Å². The largest absolute Gasteiger partial charge is 0.358 e. The van der Waals surface area contributed by atoms with Gasteiger partial charge in [-0.1, -0.05) is 63.5 Å². The van der Waals surface area contributed by atoms with Crippen molar-refractivity contribution in [2.75, 3.05) is 0 Å². The second-order valence-corrected chi connectivity index (χ2v) is 9.14. The molecule has 30 heavy (non-hydrogen) atoms. The Bertz CT molecular complexity index is 1560. The smallest absolute Gasteiger partial charge is 0.140 e. The summed E-state index contributed by atoms with van der Waals surface area (Å²) >= 11 is 3.62. The van der Waals surface area contributed by atoms with Crippen LogP contribution in [0, 0.1) is 20.8 Å². The average molecular weight is 454 g/mol. The molecule has 0 saturated carbocycles. The van der Waals surface area contributed by atoms with Crippen LogP contribution in [-0.2, 0) is 0 Å². The van der Waals surface area contributed by atoms with E-state index in [0.29, 0.717) is 0 Å². The number of H-pyrrole nitrogens is 2. The van der Waals surface area contributed by atoms with Crippen molar-refractivity contribution in [3.63, 3.8) is 0 Å². The molecule has 0 bridgehead atoms. The summed E-state index contributed by atoms with van der Waals surface area (Å²) in [5.41, 5.74) is 8.01. The molecule has 2 N–H and O–H groups in total. The second-order valence-electron chi connectivity index (χ2n) is 8.22. The average Bonchev–Trinajstić information content (AvgIpc) is 3.28. The summed E-state index contributed by atoms with van der Waals surface area (Å²) in [4.78, 5) is 12.3. The summed E-state index contributed by atoms with van der Waals surface area (Å²) in [5, 5.41) is 6.11. The summed E-state index contributed by atoms with van der Waals surface area (Å²) < 4.78 is 1.06. The molecule has 0 fully saturated rings. The van der Waals surface area contributed by atoms with Crippen LogP contribution in [0.5, 0.6) is 0 Å². The van der Waals surface area contributed by atoms with E-state index in [1.165, 1.54) is 38.1 Å². The van der Waals surface area contributed by atoms with Gasteiger partial charge in [-0.3, -0.25) is 0 Å². The standard InChI is InChI=1S/C26H20BrN3/c1-13-4-7-17-19(10-13)20-11-14(2)5-8-18(20)25-24(17)29-26(30-25)23-15(3)28-22-9-6-16(27)12-21(22)23/h4-12,28H,1-3H3,(H,29,30). The SMILES string of the molecule is Cc1ccc2c(c1)c1cc(C)ccc1c1[nH]c(-c3c(C)[nH]c4ccc(Br)cc34)nc21. The van der Waals surface area contributed by atoms with Crippen molar-refractivity contribution >= 4 is 59.4 Å². The number of aromatic nitrogens is 3. The van der Waals surface area contributed by atoms with Gasteiger partial charge in [0.15, 0.2) is 0 Å². The third kappa shape index (κ3) is 2.47. The van der Waals surface area contributed by atoms with Crippen molar-refractivity contribution in [3.05, 3.63) is 75.9 Å². The molecule has 3 nitrogen and oxygen atoms in total. The Morgan fingerprint density at radius 2 is 1.40 bits per heavy atom. The number of benzene rings is 4. The zero-order valence-corrected chi connectivity index (χ0v) is 18.6. The molecule has 0 saturated heterocycles. The quantitative estimate of drug-likeness (QED) is 0.246. The Morgan fingerprint density at radius 1 is 0.700 bits per heavy atom. The highest BCUT2D eigenvalue weighted by Crippen LogP contribution is 2.38. The lowest BCUT2D eigenvalue weighted by atomic mass is 9.97. The number of aryl methyl sites for hydroxylation is 3.